The zero-order valence-electron chi connectivity index (χ0n) is 35.0. The zero-order valence-corrected chi connectivity index (χ0v) is 35.0. The summed E-state index contributed by atoms with van der Waals surface area (Å²) >= 11 is 0. The number of para-hydroxylation sites is 1. The second-order valence-corrected chi connectivity index (χ2v) is 15.4. The minimum absolute atomic E-state index is 0.322. The lowest BCUT2D eigenvalue weighted by Crippen LogP contribution is -2.81. The minimum Gasteiger partial charge on any atom is -0.478 e. The Hall–Kier alpha value is -7.92. The topological polar surface area (TPSA) is 41.2 Å². The van der Waals surface area contributed by atoms with Crippen molar-refractivity contribution in [1.29, 1.82) is 0 Å². The van der Waals surface area contributed by atoms with E-state index in [0.717, 1.165) is 17.8 Å². The number of aromatic nitrogens is 1. The number of carboxylic acids is 1. The lowest BCUT2D eigenvalue weighted by molar-refractivity contribution is -0.669. The van der Waals surface area contributed by atoms with E-state index in [-0.39, 0.29) is 0 Å². The molecule has 0 saturated heterocycles. The molecule has 8 rings (SSSR count). The van der Waals surface area contributed by atoms with Gasteiger partial charge in [-0.1, -0.05) is 54.6 Å². The van der Waals surface area contributed by atoms with Gasteiger partial charge in [-0.2, -0.15) is 4.57 Å². The highest BCUT2D eigenvalue weighted by Gasteiger charge is 2.52. The maximum Gasteiger partial charge on any atom is 0.335 e. The number of halogens is 20. The van der Waals surface area contributed by atoms with Crippen LogP contribution in [0.5, 0.6) is 0 Å². The third-order valence-corrected chi connectivity index (χ3v) is 11.5. The molecule has 3 nitrogen and oxygen atoms in total. The van der Waals surface area contributed by atoms with Crippen molar-refractivity contribution in [2.24, 2.45) is 0 Å². The normalized spacial score (nSPS) is 11.6. The number of pyridine rings is 1. The van der Waals surface area contributed by atoms with Gasteiger partial charge >= 0.3 is 5.97 Å². The number of fused-ring (bicyclic) bond motifs is 1. The molecule has 0 fully saturated rings. The van der Waals surface area contributed by atoms with Crippen LogP contribution in [0.4, 0.5) is 87.8 Å². The number of nitrogens with zero attached hydrogens (tertiary/aromatic N) is 1. The molecule has 0 amide bonds. The van der Waals surface area contributed by atoms with Gasteiger partial charge in [-0.15, -0.1) is 21.9 Å². The predicted octanol–water partition coefficient (Wildman–Crippen LogP) is 10.3. The summed E-state index contributed by atoms with van der Waals surface area (Å²) in [5.74, 6) is -72.3. The highest BCUT2D eigenvalue weighted by atomic mass is 19.2. The van der Waals surface area contributed by atoms with Crippen molar-refractivity contribution in [2.75, 3.05) is 0 Å². The quantitative estimate of drug-likeness (QED) is 0.0515. The standard InChI is InChI=1S/C24BF20.C24H19NO2/c26-5-1(6(27)14(35)21(42)13(5)34)25(2-7(28)15(36)22(43)16(37)8(2)29,3-9(30)17(38)23(44)18(39)10(3)31)4-11(32)19(40)24(45)20(41)12(4)33;26-24(27)21-11-6-9-19(15-21)16-22-14-13-20-10-4-5-12-23(20)25(22)17-18-7-2-1-3-8-18/h;1-15H,16-17H2/q-1;/p+1. The fourth-order valence-electron chi connectivity index (χ4n) is 8.31. The molecule has 1 aromatic heterocycles. The number of benzene rings is 7. The Labute approximate surface area is 389 Å². The molecule has 0 saturated carbocycles. The average Bonchev–Trinajstić information content (AvgIpc) is 3.37. The minimum atomic E-state index is -7.22. The second kappa shape index (κ2) is 19.7. The molecule has 1 heterocycles. The highest BCUT2D eigenvalue weighted by Crippen LogP contribution is 2.31. The van der Waals surface area contributed by atoms with Gasteiger partial charge in [0, 0.05) is 23.1 Å². The summed E-state index contributed by atoms with van der Waals surface area (Å²) in [7, 11) is 0. The SMILES string of the molecule is Fc1c(F)c(F)c([B-](c2c(F)c(F)c(F)c(F)c2F)(c2c(F)c(F)c(F)c(F)c2F)c2c(F)c(F)c(F)c(F)c2F)c(F)c1F.O=C(O)c1cccc(Cc2ccc3ccccc3[n+]2Cc2ccccc2)c1. The van der Waals surface area contributed by atoms with Crippen molar-refractivity contribution in [3.8, 4) is 0 Å². The molecule has 0 atom stereocenters. The fourth-order valence-corrected chi connectivity index (χ4v) is 8.31. The molecule has 1 N–H and O–H groups in total. The molecule has 0 radical (unpaired) electrons. The Morgan fingerprint density at radius 2 is 0.708 bits per heavy atom. The molecule has 7 aromatic carbocycles. The van der Waals surface area contributed by atoms with Crippen molar-refractivity contribution < 1.29 is 102 Å². The van der Waals surface area contributed by atoms with Gasteiger partial charge in [0.25, 0.3) is 0 Å². The van der Waals surface area contributed by atoms with Gasteiger partial charge in [0.15, 0.2) is 82.0 Å². The molecule has 0 aliphatic heterocycles. The van der Waals surface area contributed by atoms with Crippen LogP contribution in [0.15, 0.2) is 91.0 Å². The second-order valence-electron chi connectivity index (χ2n) is 15.4. The summed E-state index contributed by atoms with van der Waals surface area (Å²) in [5, 5.41) is 10.5. The molecule has 0 aliphatic carbocycles. The Balaban J connectivity index is 0.000000238. The third kappa shape index (κ3) is 8.40. The molecule has 0 unspecified atom stereocenters. The van der Waals surface area contributed by atoms with Crippen LogP contribution in [0, 0.1) is 116 Å². The first kappa shape index (κ1) is 51.9. The van der Waals surface area contributed by atoms with Crippen molar-refractivity contribution in [3.63, 3.8) is 0 Å². The van der Waals surface area contributed by atoms with Crippen LogP contribution in [0.25, 0.3) is 10.9 Å². The summed E-state index contributed by atoms with van der Waals surface area (Å²) in [6, 6.07) is 30.2. The maximum absolute atomic E-state index is 15.4. The Kier molecular flexibility index (Phi) is 14.2. The van der Waals surface area contributed by atoms with Crippen LogP contribution in [-0.2, 0) is 13.0 Å². The first-order valence-electron chi connectivity index (χ1n) is 19.9. The van der Waals surface area contributed by atoms with Gasteiger partial charge in [-0.3, -0.25) is 0 Å². The van der Waals surface area contributed by atoms with Gasteiger partial charge in [0.05, 0.1) is 12.0 Å². The van der Waals surface area contributed by atoms with E-state index in [4.69, 9.17) is 0 Å². The number of hydrogen-bond acceptors (Lipinski definition) is 1. The van der Waals surface area contributed by atoms with Crippen LogP contribution < -0.4 is 26.4 Å². The zero-order chi connectivity index (χ0) is 53.0. The van der Waals surface area contributed by atoms with E-state index in [1.54, 1.807) is 18.2 Å². The monoisotopic (exact) mass is 1030 g/mol. The molecular formula is C48H20BF20NO2. The molecule has 72 heavy (non-hydrogen) atoms. The van der Waals surface area contributed by atoms with Gasteiger partial charge in [-0.25, -0.2) is 92.6 Å². The Bertz CT molecular complexity index is 3140. The lowest BCUT2D eigenvalue weighted by atomic mass is 9.12. The molecule has 0 aliphatic rings. The van der Waals surface area contributed by atoms with E-state index in [1.807, 2.05) is 18.2 Å². The number of hydrogen-bond donors (Lipinski definition) is 1. The van der Waals surface area contributed by atoms with E-state index in [2.05, 4.69) is 59.2 Å². The van der Waals surface area contributed by atoms with Crippen molar-refractivity contribution >= 4 is 44.9 Å². The van der Waals surface area contributed by atoms with Crippen molar-refractivity contribution in [2.45, 2.75) is 13.0 Å². The van der Waals surface area contributed by atoms with Crippen LogP contribution in [0.1, 0.15) is 27.2 Å². The van der Waals surface area contributed by atoms with Crippen LogP contribution in [-0.4, -0.2) is 17.2 Å². The van der Waals surface area contributed by atoms with Crippen molar-refractivity contribution in [3.05, 3.63) is 230 Å². The Morgan fingerprint density at radius 3 is 1.08 bits per heavy atom. The van der Waals surface area contributed by atoms with E-state index < -0.39 is 150 Å². The smallest absolute Gasteiger partial charge is 0.335 e. The fraction of sp³-hybridized carbons (Fsp3) is 0.0417. The summed E-state index contributed by atoms with van der Waals surface area (Å²) in [6.07, 6.45) is -6.54. The number of aromatic carboxylic acids is 1. The molecular weight excluding hydrogens is 1010 g/mol. The van der Waals surface area contributed by atoms with Crippen LogP contribution in [0.2, 0.25) is 0 Å². The molecule has 24 heteroatoms. The van der Waals surface area contributed by atoms with Gasteiger partial charge in [0.1, 0.15) is 52.7 Å². The average molecular weight is 1030 g/mol. The van der Waals surface area contributed by atoms with E-state index in [9.17, 15) is 62.6 Å². The molecule has 0 spiro atoms. The summed E-state index contributed by atoms with van der Waals surface area (Å²) in [4.78, 5) is 11.3. The Morgan fingerprint density at radius 1 is 0.375 bits per heavy atom. The summed E-state index contributed by atoms with van der Waals surface area (Å²) in [5.41, 5.74) is -9.45. The third-order valence-electron chi connectivity index (χ3n) is 11.5. The van der Waals surface area contributed by atoms with Gasteiger partial charge < -0.3 is 5.11 Å². The first-order chi connectivity index (χ1) is 33.9. The first-order valence-corrected chi connectivity index (χ1v) is 19.9. The van der Waals surface area contributed by atoms with Gasteiger partial charge in [-0.05, 0) is 29.8 Å². The van der Waals surface area contributed by atoms with Crippen molar-refractivity contribution in [1.82, 2.24) is 0 Å². The molecule has 8 aromatic rings. The van der Waals surface area contributed by atoms with Crippen LogP contribution in [0.3, 0.4) is 0 Å². The summed E-state index contributed by atoms with van der Waals surface area (Å²) < 4.78 is 296. The molecule has 372 valence electrons. The van der Waals surface area contributed by atoms with Gasteiger partial charge in [0.2, 0.25) is 5.52 Å². The van der Waals surface area contributed by atoms with E-state index >= 15 is 35.1 Å². The van der Waals surface area contributed by atoms with E-state index in [1.165, 1.54) is 16.5 Å². The van der Waals surface area contributed by atoms with Crippen LogP contribution >= 0.6 is 0 Å². The van der Waals surface area contributed by atoms with E-state index in [0.29, 0.717) is 12.0 Å². The maximum atomic E-state index is 15.4. The summed E-state index contributed by atoms with van der Waals surface area (Å²) in [6.45, 7) is 0.774. The number of carboxylic acid groups (broad SMARTS) is 1. The largest absolute Gasteiger partial charge is 0.478 e. The lowest BCUT2D eigenvalue weighted by Gasteiger charge is -2.44. The highest BCUT2D eigenvalue weighted by molar-refractivity contribution is 7.20. The number of carbonyl (C=O) groups is 1. The molecule has 0 bridgehead atoms. The number of rotatable bonds is 9. The predicted molar refractivity (Wildman–Crippen MR) is 215 cm³/mol.